The highest BCUT2D eigenvalue weighted by Gasteiger charge is 2.32. The lowest BCUT2D eigenvalue weighted by Gasteiger charge is -2.13. The molecule has 0 saturated carbocycles. The van der Waals surface area contributed by atoms with Gasteiger partial charge in [0.2, 0.25) is 0 Å². The van der Waals surface area contributed by atoms with Crippen LogP contribution in [0.4, 0.5) is 13.2 Å². The van der Waals surface area contributed by atoms with Gasteiger partial charge in [0.1, 0.15) is 0 Å². The minimum atomic E-state index is -4.51. The number of oxazole rings is 1. The number of hydrogen-bond donors (Lipinski definition) is 1. The van der Waals surface area contributed by atoms with E-state index in [9.17, 15) is 22.8 Å². The van der Waals surface area contributed by atoms with Crippen molar-refractivity contribution in [3.8, 4) is 0 Å². The van der Waals surface area contributed by atoms with Crippen LogP contribution in [-0.4, -0.2) is 9.55 Å². The highest BCUT2D eigenvalue weighted by atomic mass is 19.4. The van der Waals surface area contributed by atoms with Gasteiger partial charge in [-0.25, -0.2) is 4.79 Å². The van der Waals surface area contributed by atoms with Crippen molar-refractivity contribution in [3.05, 3.63) is 68.6 Å². The van der Waals surface area contributed by atoms with E-state index in [-0.39, 0.29) is 23.2 Å². The fourth-order valence-corrected chi connectivity index (χ4v) is 2.23. The maximum atomic E-state index is 13.0. The lowest BCUT2D eigenvalue weighted by molar-refractivity contribution is -0.138. The lowest BCUT2D eigenvalue weighted by atomic mass is 10.1. The first-order chi connectivity index (χ1) is 10.4. The van der Waals surface area contributed by atoms with Gasteiger partial charge in [0.05, 0.1) is 12.1 Å². The molecule has 1 N–H and O–H groups in total. The number of halogens is 3. The zero-order valence-electron chi connectivity index (χ0n) is 11.0. The quantitative estimate of drug-likeness (QED) is 0.790. The fraction of sp³-hybridized carbons (Fsp3) is 0.143. The van der Waals surface area contributed by atoms with E-state index in [1.807, 2.05) is 0 Å². The maximum Gasteiger partial charge on any atom is 0.417 e. The zero-order valence-corrected chi connectivity index (χ0v) is 11.0. The predicted molar refractivity (Wildman–Crippen MR) is 71.6 cm³/mol. The number of aromatic nitrogens is 2. The predicted octanol–water partition coefficient (Wildman–Crippen LogP) is 2.35. The van der Waals surface area contributed by atoms with Crippen LogP contribution in [0.3, 0.4) is 0 Å². The molecule has 114 valence electrons. The molecule has 0 saturated heterocycles. The number of H-pyrrole nitrogens is 1. The Morgan fingerprint density at radius 2 is 1.86 bits per heavy atom. The number of alkyl halides is 3. The molecular formula is C14H9F3N2O3. The van der Waals surface area contributed by atoms with Crippen LogP contribution >= 0.6 is 0 Å². The van der Waals surface area contributed by atoms with Gasteiger partial charge in [-0.05, 0) is 17.7 Å². The summed E-state index contributed by atoms with van der Waals surface area (Å²) in [5, 5.41) is 0. The van der Waals surface area contributed by atoms with E-state index in [0.29, 0.717) is 0 Å². The van der Waals surface area contributed by atoms with E-state index in [2.05, 4.69) is 4.98 Å². The molecule has 8 heteroatoms. The second-order valence-electron chi connectivity index (χ2n) is 4.66. The zero-order chi connectivity index (χ0) is 15.9. The number of nitrogens with zero attached hydrogens (tertiary/aromatic N) is 1. The topological polar surface area (TPSA) is 68.0 Å². The van der Waals surface area contributed by atoms with Crippen LogP contribution < -0.4 is 11.3 Å². The van der Waals surface area contributed by atoms with Gasteiger partial charge in [-0.3, -0.25) is 9.78 Å². The molecule has 0 unspecified atom stereocenters. The highest BCUT2D eigenvalue weighted by Crippen LogP contribution is 2.32. The average molecular weight is 310 g/mol. The second kappa shape index (κ2) is 4.90. The number of pyridine rings is 1. The van der Waals surface area contributed by atoms with Gasteiger partial charge >= 0.3 is 11.9 Å². The molecule has 0 spiro atoms. The molecule has 0 atom stereocenters. The Balaban J connectivity index is 2.10. The Bertz CT molecular complexity index is 950. The Labute approximate surface area is 120 Å². The molecule has 1 aromatic carbocycles. The van der Waals surface area contributed by atoms with E-state index in [1.165, 1.54) is 30.5 Å². The van der Waals surface area contributed by atoms with Crippen LogP contribution in [0.2, 0.25) is 0 Å². The minimum Gasteiger partial charge on any atom is -0.408 e. The van der Waals surface area contributed by atoms with Gasteiger partial charge in [-0.15, -0.1) is 0 Å². The number of aromatic amines is 1. The average Bonchev–Trinajstić information content (AvgIpc) is 2.83. The van der Waals surface area contributed by atoms with Crippen molar-refractivity contribution < 1.29 is 17.6 Å². The van der Waals surface area contributed by atoms with Crippen molar-refractivity contribution in [1.29, 1.82) is 0 Å². The van der Waals surface area contributed by atoms with Crippen molar-refractivity contribution >= 4 is 11.1 Å². The first kappa shape index (κ1) is 14.2. The Morgan fingerprint density at radius 1 is 1.14 bits per heavy atom. The number of hydrogen-bond acceptors (Lipinski definition) is 3. The third-order valence-corrected chi connectivity index (χ3v) is 3.22. The summed E-state index contributed by atoms with van der Waals surface area (Å²) in [6, 6.07) is 6.36. The molecular weight excluding hydrogens is 301 g/mol. The van der Waals surface area contributed by atoms with E-state index >= 15 is 0 Å². The largest absolute Gasteiger partial charge is 0.417 e. The molecule has 3 aromatic rings. The van der Waals surface area contributed by atoms with Crippen molar-refractivity contribution in [1.82, 2.24) is 9.55 Å². The molecule has 2 aromatic heterocycles. The molecule has 0 fully saturated rings. The normalized spacial score (nSPS) is 12.0. The van der Waals surface area contributed by atoms with Crippen LogP contribution in [0.5, 0.6) is 0 Å². The van der Waals surface area contributed by atoms with Crippen LogP contribution in [0.15, 0.2) is 50.5 Å². The van der Waals surface area contributed by atoms with E-state index < -0.39 is 23.1 Å². The number of nitrogens with one attached hydrogen (secondary N) is 1. The summed E-state index contributed by atoms with van der Waals surface area (Å²) in [5.74, 6) is -0.791. The fourth-order valence-electron chi connectivity index (χ4n) is 2.23. The smallest absolute Gasteiger partial charge is 0.408 e. The Morgan fingerprint density at radius 3 is 2.59 bits per heavy atom. The SMILES string of the molecule is O=c1[nH]c2c(=O)n(Cc3ccccc3C(F)(F)F)ccc2o1. The van der Waals surface area contributed by atoms with Crippen LogP contribution in [0.25, 0.3) is 11.1 Å². The third kappa shape index (κ3) is 2.43. The van der Waals surface area contributed by atoms with Gasteiger partial charge in [-0.1, -0.05) is 18.2 Å². The molecule has 0 bridgehead atoms. The molecule has 0 radical (unpaired) electrons. The first-order valence-electron chi connectivity index (χ1n) is 6.23. The summed E-state index contributed by atoms with van der Waals surface area (Å²) in [5.41, 5.74) is -1.47. The van der Waals surface area contributed by atoms with Crippen molar-refractivity contribution in [2.75, 3.05) is 0 Å². The lowest BCUT2D eigenvalue weighted by Crippen LogP contribution is -2.22. The molecule has 5 nitrogen and oxygen atoms in total. The number of fused-ring (bicyclic) bond motifs is 1. The first-order valence-corrected chi connectivity index (χ1v) is 6.23. The third-order valence-electron chi connectivity index (χ3n) is 3.22. The van der Waals surface area contributed by atoms with Crippen molar-refractivity contribution in [3.63, 3.8) is 0 Å². The van der Waals surface area contributed by atoms with E-state index in [4.69, 9.17) is 4.42 Å². The number of rotatable bonds is 2. The van der Waals surface area contributed by atoms with Crippen molar-refractivity contribution in [2.45, 2.75) is 12.7 Å². The summed E-state index contributed by atoms with van der Waals surface area (Å²) < 4.78 is 44.7. The van der Waals surface area contributed by atoms with E-state index in [1.54, 1.807) is 0 Å². The highest BCUT2D eigenvalue weighted by molar-refractivity contribution is 5.70. The summed E-state index contributed by atoms with van der Waals surface area (Å²) in [4.78, 5) is 25.5. The molecule has 0 aliphatic carbocycles. The maximum absolute atomic E-state index is 13.0. The van der Waals surface area contributed by atoms with Gasteiger partial charge < -0.3 is 8.98 Å². The molecule has 22 heavy (non-hydrogen) atoms. The van der Waals surface area contributed by atoms with Gasteiger partial charge in [0.25, 0.3) is 5.56 Å². The summed E-state index contributed by atoms with van der Waals surface area (Å²) in [6.45, 7) is -0.266. The summed E-state index contributed by atoms with van der Waals surface area (Å²) in [7, 11) is 0. The second-order valence-corrected chi connectivity index (χ2v) is 4.66. The van der Waals surface area contributed by atoms with Gasteiger partial charge in [-0.2, -0.15) is 13.2 Å². The molecule has 3 rings (SSSR count). The Hall–Kier alpha value is -2.77. The van der Waals surface area contributed by atoms with E-state index in [0.717, 1.165) is 10.6 Å². The van der Waals surface area contributed by atoms with Crippen molar-refractivity contribution in [2.24, 2.45) is 0 Å². The molecule has 2 heterocycles. The minimum absolute atomic E-state index is 0.0395. The standard InChI is InChI=1S/C14H9F3N2O3/c15-14(16,17)9-4-2-1-3-8(9)7-19-6-5-10-11(12(19)20)18-13(21)22-10/h1-6H,7H2,(H,18,21). The Kier molecular flexibility index (Phi) is 3.16. The summed E-state index contributed by atoms with van der Waals surface area (Å²) in [6.07, 6.45) is -3.22. The molecule has 0 aliphatic rings. The van der Waals surface area contributed by atoms with Gasteiger partial charge in [0, 0.05) is 6.20 Å². The van der Waals surface area contributed by atoms with Crippen LogP contribution in [0, 0.1) is 0 Å². The monoisotopic (exact) mass is 310 g/mol. The molecule has 0 amide bonds. The summed E-state index contributed by atoms with van der Waals surface area (Å²) >= 11 is 0. The van der Waals surface area contributed by atoms with Crippen LogP contribution in [-0.2, 0) is 12.7 Å². The van der Waals surface area contributed by atoms with Crippen LogP contribution in [0.1, 0.15) is 11.1 Å². The van der Waals surface area contributed by atoms with Gasteiger partial charge in [0.15, 0.2) is 11.1 Å². The number of benzene rings is 1. The molecule has 0 aliphatic heterocycles.